The summed E-state index contributed by atoms with van der Waals surface area (Å²) in [5, 5.41) is 0. The minimum atomic E-state index is -3.84. The topological polar surface area (TPSA) is 104 Å². The SMILES string of the molecule is COc1ccc(C(=O)N2CCN(S(=O)(=O)c3ccc(F)cc3)CC2)cc1S(=O)(=O)N(C)C. The van der Waals surface area contributed by atoms with Gasteiger partial charge in [0.05, 0.1) is 12.0 Å². The van der Waals surface area contributed by atoms with Crippen LogP contribution in [0.3, 0.4) is 0 Å². The first-order valence-corrected chi connectivity index (χ1v) is 12.5. The van der Waals surface area contributed by atoms with E-state index in [4.69, 9.17) is 4.74 Å². The van der Waals surface area contributed by atoms with E-state index in [0.29, 0.717) is 0 Å². The molecule has 2 aromatic rings. The van der Waals surface area contributed by atoms with Gasteiger partial charge in [-0.3, -0.25) is 4.79 Å². The standard InChI is InChI=1S/C20H24FN3O6S2/c1-22(2)32(28,29)19-14-15(4-9-18(19)30-3)20(25)23-10-12-24(13-11-23)31(26,27)17-7-5-16(21)6-8-17/h4-9,14H,10-13H2,1-3H3. The third-order valence-corrected chi connectivity index (χ3v) is 8.90. The molecule has 0 aromatic heterocycles. The van der Waals surface area contributed by atoms with E-state index in [9.17, 15) is 26.0 Å². The lowest BCUT2D eigenvalue weighted by Crippen LogP contribution is -2.50. The highest BCUT2D eigenvalue weighted by molar-refractivity contribution is 7.89. The zero-order valence-corrected chi connectivity index (χ0v) is 19.5. The van der Waals surface area contributed by atoms with Crippen molar-refractivity contribution in [3.8, 4) is 5.75 Å². The second-order valence-electron chi connectivity index (χ2n) is 7.30. The van der Waals surface area contributed by atoms with E-state index >= 15 is 0 Å². The molecule has 0 bridgehead atoms. The zero-order valence-electron chi connectivity index (χ0n) is 17.9. The van der Waals surface area contributed by atoms with Crippen LogP contribution in [0.1, 0.15) is 10.4 Å². The number of sulfonamides is 2. The summed E-state index contributed by atoms with van der Waals surface area (Å²) in [4.78, 5) is 14.3. The van der Waals surface area contributed by atoms with E-state index < -0.39 is 31.8 Å². The molecule has 0 saturated carbocycles. The van der Waals surface area contributed by atoms with Crippen LogP contribution in [0.4, 0.5) is 4.39 Å². The lowest BCUT2D eigenvalue weighted by Gasteiger charge is -2.34. The maximum atomic E-state index is 13.1. The van der Waals surface area contributed by atoms with Crippen LogP contribution in [0.5, 0.6) is 5.75 Å². The van der Waals surface area contributed by atoms with Gasteiger partial charge in [0.25, 0.3) is 5.91 Å². The van der Waals surface area contributed by atoms with Crippen molar-refractivity contribution in [1.29, 1.82) is 0 Å². The maximum absolute atomic E-state index is 13.1. The number of amides is 1. The van der Waals surface area contributed by atoms with Gasteiger partial charge in [-0.25, -0.2) is 25.5 Å². The Hall–Kier alpha value is -2.54. The van der Waals surface area contributed by atoms with Gasteiger partial charge >= 0.3 is 0 Å². The van der Waals surface area contributed by atoms with Gasteiger partial charge in [-0.1, -0.05) is 0 Å². The summed E-state index contributed by atoms with van der Waals surface area (Å²) < 4.78 is 71.2. The van der Waals surface area contributed by atoms with Crippen LogP contribution in [0, 0.1) is 5.82 Å². The van der Waals surface area contributed by atoms with Gasteiger partial charge < -0.3 is 9.64 Å². The number of halogens is 1. The number of piperazine rings is 1. The molecule has 0 spiro atoms. The van der Waals surface area contributed by atoms with Crippen LogP contribution in [-0.4, -0.2) is 83.6 Å². The highest BCUT2D eigenvalue weighted by atomic mass is 32.2. The van der Waals surface area contributed by atoms with E-state index in [1.54, 1.807) is 0 Å². The maximum Gasteiger partial charge on any atom is 0.253 e. The molecular weight excluding hydrogens is 461 g/mol. The Morgan fingerprint density at radius 3 is 2.09 bits per heavy atom. The summed E-state index contributed by atoms with van der Waals surface area (Å²) in [6.45, 7) is 0.372. The summed E-state index contributed by atoms with van der Waals surface area (Å²) in [6, 6.07) is 8.71. The molecule has 32 heavy (non-hydrogen) atoms. The minimum Gasteiger partial charge on any atom is -0.495 e. The molecule has 0 aliphatic carbocycles. The van der Waals surface area contributed by atoms with E-state index in [1.807, 2.05) is 0 Å². The number of carbonyl (C=O) groups is 1. The Bertz CT molecular complexity index is 1210. The second-order valence-corrected chi connectivity index (χ2v) is 11.4. The van der Waals surface area contributed by atoms with Crippen LogP contribution >= 0.6 is 0 Å². The van der Waals surface area contributed by atoms with E-state index in [0.717, 1.165) is 16.4 Å². The van der Waals surface area contributed by atoms with Crippen molar-refractivity contribution in [2.24, 2.45) is 0 Å². The second kappa shape index (κ2) is 9.14. The highest BCUT2D eigenvalue weighted by Crippen LogP contribution is 2.28. The fourth-order valence-corrected chi connectivity index (χ4v) is 5.77. The molecule has 174 valence electrons. The fourth-order valence-electron chi connectivity index (χ4n) is 3.28. The summed E-state index contributed by atoms with van der Waals surface area (Å²) in [5.74, 6) is -0.832. The number of benzene rings is 2. The van der Waals surface area contributed by atoms with Crippen LogP contribution < -0.4 is 4.74 Å². The average Bonchev–Trinajstić information content (AvgIpc) is 2.78. The van der Waals surface area contributed by atoms with Crippen LogP contribution in [0.2, 0.25) is 0 Å². The van der Waals surface area contributed by atoms with Crippen molar-refractivity contribution in [3.63, 3.8) is 0 Å². The zero-order chi connectivity index (χ0) is 23.7. The Morgan fingerprint density at radius 2 is 1.56 bits per heavy atom. The molecule has 1 saturated heterocycles. The number of ether oxygens (including phenoxy) is 1. The van der Waals surface area contributed by atoms with Gasteiger partial charge in [0.15, 0.2) is 0 Å². The number of hydrogen-bond donors (Lipinski definition) is 0. The molecule has 0 N–H and O–H groups in total. The van der Waals surface area contributed by atoms with Crippen molar-refractivity contribution < 1.29 is 30.8 Å². The van der Waals surface area contributed by atoms with Crippen molar-refractivity contribution >= 4 is 26.0 Å². The number of carbonyl (C=O) groups excluding carboxylic acids is 1. The van der Waals surface area contributed by atoms with Gasteiger partial charge in [-0.2, -0.15) is 4.31 Å². The Morgan fingerprint density at radius 1 is 0.969 bits per heavy atom. The van der Waals surface area contributed by atoms with Gasteiger partial charge in [0, 0.05) is 45.8 Å². The van der Waals surface area contributed by atoms with E-state index in [1.165, 1.54) is 60.7 Å². The normalized spacial score (nSPS) is 15.7. The molecule has 0 unspecified atom stereocenters. The van der Waals surface area contributed by atoms with Crippen LogP contribution in [0.25, 0.3) is 0 Å². The molecule has 9 nitrogen and oxygen atoms in total. The molecule has 1 aliphatic heterocycles. The lowest BCUT2D eigenvalue weighted by atomic mass is 10.1. The van der Waals surface area contributed by atoms with Gasteiger partial charge in [0.1, 0.15) is 16.5 Å². The molecule has 0 radical (unpaired) electrons. The molecule has 1 fully saturated rings. The molecular formula is C20H24FN3O6S2. The smallest absolute Gasteiger partial charge is 0.253 e. The van der Waals surface area contributed by atoms with E-state index in [2.05, 4.69) is 0 Å². The third kappa shape index (κ3) is 4.63. The largest absolute Gasteiger partial charge is 0.495 e. The average molecular weight is 486 g/mol. The summed E-state index contributed by atoms with van der Waals surface area (Å²) >= 11 is 0. The highest BCUT2D eigenvalue weighted by Gasteiger charge is 2.31. The third-order valence-electron chi connectivity index (χ3n) is 5.15. The van der Waals surface area contributed by atoms with Gasteiger partial charge in [0.2, 0.25) is 20.0 Å². The van der Waals surface area contributed by atoms with Crippen LogP contribution in [0.15, 0.2) is 52.3 Å². The van der Waals surface area contributed by atoms with Crippen LogP contribution in [-0.2, 0) is 20.0 Å². The number of nitrogens with zero attached hydrogens (tertiary/aromatic N) is 3. The molecule has 1 aliphatic rings. The number of methoxy groups -OCH3 is 1. The first-order chi connectivity index (χ1) is 15.0. The van der Waals surface area contributed by atoms with Crippen molar-refractivity contribution in [3.05, 3.63) is 53.8 Å². The first-order valence-electron chi connectivity index (χ1n) is 9.64. The van der Waals surface area contributed by atoms with Gasteiger partial charge in [-0.15, -0.1) is 0 Å². The predicted molar refractivity (Wildman–Crippen MR) is 115 cm³/mol. The molecule has 12 heteroatoms. The molecule has 0 atom stereocenters. The molecule has 1 amide bonds. The Balaban J connectivity index is 1.78. The lowest BCUT2D eigenvalue weighted by molar-refractivity contribution is 0.0697. The fraction of sp³-hybridized carbons (Fsp3) is 0.350. The summed E-state index contributed by atoms with van der Waals surface area (Å²) in [7, 11) is -3.56. The first kappa shape index (κ1) is 24.1. The predicted octanol–water partition coefficient (Wildman–Crippen LogP) is 1.23. The van der Waals surface area contributed by atoms with Crippen molar-refractivity contribution in [1.82, 2.24) is 13.5 Å². The summed E-state index contributed by atoms with van der Waals surface area (Å²) in [6.07, 6.45) is 0. The van der Waals surface area contributed by atoms with E-state index in [-0.39, 0.29) is 47.3 Å². The Kier molecular flexibility index (Phi) is 6.89. The quantitative estimate of drug-likeness (QED) is 0.610. The molecule has 1 heterocycles. The minimum absolute atomic E-state index is 0.0210. The summed E-state index contributed by atoms with van der Waals surface area (Å²) in [5.41, 5.74) is 0.154. The Labute approximate surface area is 187 Å². The van der Waals surface area contributed by atoms with Gasteiger partial charge in [-0.05, 0) is 42.5 Å². The molecule has 2 aromatic carbocycles. The number of rotatable bonds is 6. The van der Waals surface area contributed by atoms with Crippen molar-refractivity contribution in [2.45, 2.75) is 9.79 Å². The number of hydrogen-bond acceptors (Lipinski definition) is 6. The van der Waals surface area contributed by atoms with Crippen molar-refractivity contribution in [2.75, 3.05) is 47.4 Å². The monoisotopic (exact) mass is 485 g/mol. The molecule has 3 rings (SSSR count).